The van der Waals surface area contributed by atoms with Crippen molar-refractivity contribution in [1.29, 1.82) is 0 Å². The fourth-order valence-corrected chi connectivity index (χ4v) is 2.88. The van der Waals surface area contributed by atoms with Gasteiger partial charge in [-0.1, -0.05) is 24.8 Å². The number of anilines is 2. The van der Waals surface area contributed by atoms with Crippen LogP contribution in [0.15, 0.2) is 61.2 Å². The quantitative estimate of drug-likeness (QED) is 0.725. The topological polar surface area (TPSA) is 87.3 Å². The van der Waals surface area contributed by atoms with Gasteiger partial charge < -0.3 is 16.0 Å². The molecule has 0 spiro atoms. The Hall–Kier alpha value is -3.41. The number of hydrogen-bond donors (Lipinski definition) is 3. The van der Waals surface area contributed by atoms with Crippen LogP contribution < -0.4 is 16.0 Å². The molecule has 0 radical (unpaired) electrons. The first-order valence-corrected chi connectivity index (χ1v) is 8.27. The Bertz CT molecular complexity index is 859. The minimum Gasteiger partial charge on any atom is -0.355 e. The molecule has 1 unspecified atom stereocenters. The van der Waals surface area contributed by atoms with E-state index >= 15 is 0 Å². The predicted molar refractivity (Wildman–Crippen MR) is 100 cm³/mol. The molecule has 1 saturated heterocycles. The molecule has 1 aliphatic heterocycles. The maximum atomic E-state index is 12.5. The summed E-state index contributed by atoms with van der Waals surface area (Å²) in [4.78, 5) is 35.3. The highest BCUT2D eigenvalue weighted by Gasteiger charge is 2.25. The first-order chi connectivity index (χ1) is 12.6. The van der Waals surface area contributed by atoms with Crippen LogP contribution in [0.1, 0.15) is 28.3 Å². The van der Waals surface area contributed by atoms with Gasteiger partial charge in [0.1, 0.15) is 0 Å². The van der Waals surface area contributed by atoms with Crippen LogP contribution in [0.5, 0.6) is 0 Å². The van der Waals surface area contributed by atoms with E-state index in [1.165, 1.54) is 6.08 Å². The minimum absolute atomic E-state index is 0.0216. The molecule has 3 rings (SSSR count). The van der Waals surface area contributed by atoms with Crippen molar-refractivity contribution in [3.63, 3.8) is 0 Å². The van der Waals surface area contributed by atoms with Gasteiger partial charge in [-0.3, -0.25) is 14.4 Å². The molecule has 2 aromatic carbocycles. The van der Waals surface area contributed by atoms with Crippen molar-refractivity contribution in [2.24, 2.45) is 0 Å². The summed E-state index contributed by atoms with van der Waals surface area (Å²) in [5, 5.41) is 8.35. The monoisotopic (exact) mass is 349 g/mol. The molecule has 6 heteroatoms. The third-order valence-electron chi connectivity index (χ3n) is 4.23. The first kappa shape index (κ1) is 17.4. The van der Waals surface area contributed by atoms with Crippen LogP contribution in [0.25, 0.3) is 0 Å². The van der Waals surface area contributed by atoms with Crippen LogP contribution >= 0.6 is 0 Å². The van der Waals surface area contributed by atoms with Crippen LogP contribution in [0.4, 0.5) is 11.4 Å². The number of nitrogens with one attached hydrogen (secondary N) is 3. The molecule has 2 aromatic rings. The van der Waals surface area contributed by atoms with E-state index < -0.39 is 0 Å². The second-order valence-corrected chi connectivity index (χ2v) is 6.02. The summed E-state index contributed by atoms with van der Waals surface area (Å²) in [5.41, 5.74) is 2.69. The second-order valence-electron chi connectivity index (χ2n) is 6.02. The van der Waals surface area contributed by atoms with Crippen LogP contribution in [-0.4, -0.2) is 24.3 Å². The number of para-hydroxylation sites is 1. The average molecular weight is 349 g/mol. The fraction of sp³-hybridized carbons (Fsp3) is 0.150. The zero-order valence-electron chi connectivity index (χ0n) is 14.1. The SMILES string of the molecule is C=CC(=O)Nc1ccc(C(=O)Nc2ccccc2C2CNC(=O)C2)cc1. The van der Waals surface area contributed by atoms with E-state index in [4.69, 9.17) is 0 Å². The molecule has 0 bridgehead atoms. The number of carbonyl (C=O) groups excluding carboxylic acids is 3. The summed E-state index contributed by atoms with van der Waals surface area (Å²) in [6, 6.07) is 14.1. The summed E-state index contributed by atoms with van der Waals surface area (Å²) >= 11 is 0. The third-order valence-corrected chi connectivity index (χ3v) is 4.23. The van der Waals surface area contributed by atoms with Crippen molar-refractivity contribution >= 4 is 29.1 Å². The summed E-state index contributed by atoms with van der Waals surface area (Å²) in [5.74, 6) is -0.490. The van der Waals surface area contributed by atoms with Gasteiger partial charge in [-0.25, -0.2) is 0 Å². The lowest BCUT2D eigenvalue weighted by Crippen LogP contribution is -2.16. The lowest BCUT2D eigenvalue weighted by Gasteiger charge is -2.15. The third kappa shape index (κ3) is 3.97. The zero-order valence-corrected chi connectivity index (χ0v) is 14.1. The lowest BCUT2D eigenvalue weighted by atomic mass is 9.96. The Labute approximate surface area is 151 Å². The van der Waals surface area contributed by atoms with Gasteiger partial charge in [-0.05, 0) is 42.0 Å². The number of benzene rings is 2. The first-order valence-electron chi connectivity index (χ1n) is 8.27. The standard InChI is InChI=1S/C20H19N3O3/c1-2-18(24)22-15-9-7-13(8-10-15)20(26)23-17-6-4-3-5-16(17)14-11-19(25)21-12-14/h2-10,14H,1,11-12H2,(H,21,25)(H,22,24)(H,23,26). The van der Waals surface area contributed by atoms with Gasteiger partial charge in [0, 0.05) is 35.8 Å². The normalized spacial score (nSPS) is 15.8. The van der Waals surface area contributed by atoms with Gasteiger partial charge >= 0.3 is 0 Å². The van der Waals surface area contributed by atoms with Crippen LogP contribution in [0, 0.1) is 0 Å². The van der Waals surface area contributed by atoms with Gasteiger partial charge in [-0.15, -0.1) is 0 Å². The Morgan fingerprint density at radius 3 is 2.46 bits per heavy atom. The average Bonchev–Trinajstić information content (AvgIpc) is 3.08. The van der Waals surface area contributed by atoms with E-state index in [1.54, 1.807) is 24.3 Å². The van der Waals surface area contributed by atoms with Crippen molar-refractivity contribution in [3.05, 3.63) is 72.3 Å². The number of amides is 3. The summed E-state index contributed by atoms with van der Waals surface area (Å²) in [6.07, 6.45) is 1.60. The molecule has 6 nitrogen and oxygen atoms in total. The van der Waals surface area contributed by atoms with E-state index in [-0.39, 0.29) is 23.6 Å². The lowest BCUT2D eigenvalue weighted by molar-refractivity contribution is -0.119. The Morgan fingerprint density at radius 2 is 1.81 bits per heavy atom. The smallest absolute Gasteiger partial charge is 0.255 e. The van der Waals surface area contributed by atoms with Crippen LogP contribution in [0.3, 0.4) is 0 Å². The van der Waals surface area contributed by atoms with Crippen molar-refractivity contribution < 1.29 is 14.4 Å². The maximum absolute atomic E-state index is 12.5. The number of rotatable bonds is 5. The molecule has 1 aliphatic rings. The summed E-state index contributed by atoms with van der Waals surface area (Å²) in [7, 11) is 0. The van der Waals surface area contributed by atoms with Crippen molar-refractivity contribution in [3.8, 4) is 0 Å². The van der Waals surface area contributed by atoms with Crippen molar-refractivity contribution in [2.75, 3.05) is 17.2 Å². The Kier molecular flexibility index (Phi) is 5.12. The van der Waals surface area contributed by atoms with E-state index in [0.717, 1.165) is 5.56 Å². The van der Waals surface area contributed by atoms with Gasteiger partial charge in [-0.2, -0.15) is 0 Å². The Morgan fingerprint density at radius 1 is 1.08 bits per heavy atom. The molecular weight excluding hydrogens is 330 g/mol. The predicted octanol–water partition coefficient (Wildman–Crippen LogP) is 2.67. The number of carbonyl (C=O) groups is 3. The largest absolute Gasteiger partial charge is 0.355 e. The van der Waals surface area contributed by atoms with Crippen molar-refractivity contribution in [1.82, 2.24) is 5.32 Å². The van der Waals surface area contributed by atoms with E-state index in [0.29, 0.717) is 29.9 Å². The van der Waals surface area contributed by atoms with Gasteiger partial charge in [0.15, 0.2) is 0 Å². The summed E-state index contributed by atoms with van der Waals surface area (Å²) in [6.45, 7) is 3.97. The van der Waals surface area contributed by atoms with Gasteiger partial charge in [0.05, 0.1) is 0 Å². The molecule has 132 valence electrons. The molecule has 0 aromatic heterocycles. The molecule has 0 saturated carbocycles. The molecule has 0 aliphatic carbocycles. The number of hydrogen-bond acceptors (Lipinski definition) is 3. The molecule has 3 N–H and O–H groups in total. The zero-order chi connectivity index (χ0) is 18.5. The molecule has 1 heterocycles. The minimum atomic E-state index is -0.309. The van der Waals surface area contributed by atoms with E-state index in [2.05, 4.69) is 22.5 Å². The maximum Gasteiger partial charge on any atom is 0.255 e. The highest BCUT2D eigenvalue weighted by atomic mass is 16.2. The summed E-state index contributed by atoms with van der Waals surface area (Å²) < 4.78 is 0. The van der Waals surface area contributed by atoms with Crippen LogP contribution in [0.2, 0.25) is 0 Å². The highest BCUT2D eigenvalue weighted by molar-refractivity contribution is 6.05. The molecule has 1 fully saturated rings. The highest BCUT2D eigenvalue weighted by Crippen LogP contribution is 2.29. The second kappa shape index (κ2) is 7.65. The molecule has 26 heavy (non-hydrogen) atoms. The van der Waals surface area contributed by atoms with Gasteiger partial charge in [0.2, 0.25) is 11.8 Å². The fourth-order valence-electron chi connectivity index (χ4n) is 2.88. The Balaban J connectivity index is 1.73. The molecule has 1 atom stereocenters. The van der Waals surface area contributed by atoms with E-state index in [9.17, 15) is 14.4 Å². The molecular formula is C20H19N3O3. The molecule has 3 amide bonds. The van der Waals surface area contributed by atoms with Gasteiger partial charge in [0.25, 0.3) is 5.91 Å². The van der Waals surface area contributed by atoms with Crippen LogP contribution in [-0.2, 0) is 9.59 Å². The van der Waals surface area contributed by atoms with Crippen molar-refractivity contribution in [2.45, 2.75) is 12.3 Å². The van der Waals surface area contributed by atoms with E-state index in [1.807, 2.05) is 24.3 Å².